The molecule has 1 rings (SSSR count). The molecule has 0 heterocycles. The van der Waals surface area contributed by atoms with Crippen LogP contribution in [0.1, 0.15) is 45.4 Å². The number of ether oxygens (including phenoxy) is 1. The molecule has 0 aromatic rings. The standard InChI is InChI=1S/C13H24F3NO/c1-2-17-12(9-18-10-13(14,15)16)8-7-11-5-3-4-6-11/h11-12,17H,2-10H2,1H3. The monoisotopic (exact) mass is 267 g/mol. The van der Waals surface area contributed by atoms with Crippen molar-refractivity contribution in [3.63, 3.8) is 0 Å². The Bertz CT molecular complexity index is 215. The van der Waals surface area contributed by atoms with Crippen LogP contribution in [0.3, 0.4) is 0 Å². The van der Waals surface area contributed by atoms with Gasteiger partial charge < -0.3 is 10.1 Å². The van der Waals surface area contributed by atoms with E-state index >= 15 is 0 Å². The van der Waals surface area contributed by atoms with Gasteiger partial charge in [0.25, 0.3) is 0 Å². The molecule has 0 aliphatic heterocycles. The van der Waals surface area contributed by atoms with Gasteiger partial charge in [-0.25, -0.2) is 0 Å². The number of halogens is 3. The van der Waals surface area contributed by atoms with Gasteiger partial charge in [-0.15, -0.1) is 0 Å². The Morgan fingerprint density at radius 2 is 1.94 bits per heavy atom. The van der Waals surface area contributed by atoms with Crippen molar-refractivity contribution < 1.29 is 17.9 Å². The Labute approximate surface area is 107 Å². The molecule has 18 heavy (non-hydrogen) atoms. The molecule has 0 saturated heterocycles. The number of alkyl halides is 3. The first kappa shape index (κ1) is 15.8. The highest BCUT2D eigenvalue weighted by Crippen LogP contribution is 2.29. The van der Waals surface area contributed by atoms with Crippen molar-refractivity contribution >= 4 is 0 Å². The van der Waals surface area contributed by atoms with E-state index in [4.69, 9.17) is 4.74 Å². The SMILES string of the molecule is CCNC(CCC1CCCC1)COCC(F)(F)F. The van der Waals surface area contributed by atoms with Crippen LogP contribution in [0.25, 0.3) is 0 Å². The van der Waals surface area contributed by atoms with Crippen LogP contribution in [0.4, 0.5) is 13.2 Å². The van der Waals surface area contributed by atoms with E-state index in [2.05, 4.69) is 5.32 Å². The molecule has 1 unspecified atom stereocenters. The van der Waals surface area contributed by atoms with Gasteiger partial charge in [0.2, 0.25) is 0 Å². The maximum Gasteiger partial charge on any atom is 0.411 e. The van der Waals surface area contributed by atoms with Gasteiger partial charge in [0.15, 0.2) is 0 Å². The minimum Gasteiger partial charge on any atom is -0.370 e. The second-order valence-corrected chi connectivity index (χ2v) is 5.11. The van der Waals surface area contributed by atoms with Crippen LogP contribution in [0, 0.1) is 5.92 Å². The first-order valence-corrected chi connectivity index (χ1v) is 6.89. The average molecular weight is 267 g/mol. The van der Waals surface area contributed by atoms with Gasteiger partial charge in [0.05, 0.1) is 6.61 Å². The fraction of sp³-hybridized carbons (Fsp3) is 1.00. The maximum atomic E-state index is 12.0. The summed E-state index contributed by atoms with van der Waals surface area (Å²) in [6, 6.07) is 0.0537. The maximum absolute atomic E-state index is 12.0. The zero-order valence-electron chi connectivity index (χ0n) is 11.1. The second-order valence-electron chi connectivity index (χ2n) is 5.11. The Morgan fingerprint density at radius 3 is 2.50 bits per heavy atom. The van der Waals surface area contributed by atoms with Crippen molar-refractivity contribution in [3.8, 4) is 0 Å². The molecule has 1 aliphatic rings. The predicted octanol–water partition coefficient (Wildman–Crippen LogP) is 3.51. The number of hydrogen-bond acceptors (Lipinski definition) is 2. The fourth-order valence-electron chi connectivity index (χ4n) is 2.59. The molecule has 0 spiro atoms. The van der Waals surface area contributed by atoms with Crippen LogP contribution in [0.5, 0.6) is 0 Å². The van der Waals surface area contributed by atoms with Gasteiger partial charge in [-0.05, 0) is 25.3 Å². The van der Waals surface area contributed by atoms with Gasteiger partial charge in [-0.1, -0.05) is 32.6 Å². The van der Waals surface area contributed by atoms with Gasteiger partial charge in [-0.3, -0.25) is 0 Å². The number of nitrogens with one attached hydrogen (secondary N) is 1. The number of likely N-dealkylation sites (N-methyl/N-ethyl adjacent to an activating group) is 1. The molecule has 1 atom stereocenters. The summed E-state index contributed by atoms with van der Waals surface area (Å²) in [5, 5.41) is 3.20. The molecule has 1 N–H and O–H groups in total. The summed E-state index contributed by atoms with van der Waals surface area (Å²) in [6.07, 6.45) is 2.97. The summed E-state index contributed by atoms with van der Waals surface area (Å²) in [4.78, 5) is 0. The lowest BCUT2D eigenvalue weighted by Crippen LogP contribution is -2.35. The van der Waals surface area contributed by atoms with E-state index in [0.717, 1.165) is 25.3 Å². The minimum absolute atomic E-state index is 0.0537. The lowest BCUT2D eigenvalue weighted by molar-refractivity contribution is -0.175. The van der Waals surface area contributed by atoms with Gasteiger partial charge in [0, 0.05) is 6.04 Å². The van der Waals surface area contributed by atoms with Crippen molar-refractivity contribution in [1.29, 1.82) is 0 Å². The van der Waals surface area contributed by atoms with E-state index in [1.165, 1.54) is 25.7 Å². The Kier molecular flexibility index (Phi) is 7.00. The van der Waals surface area contributed by atoms with E-state index in [1.54, 1.807) is 0 Å². The van der Waals surface area contributed by atoms with Crippen molar-refractivity contribution in [2.45, 2.75) is 57.7 Å². The first-order valence-electron chi connectivity index (χ1n) is 6.89. The Morgan fingerprint density at radius 1 is 1.28 bits per heavy atom. The molecule has 0 aromatic carbocycles. The molecule has 0 aromatic heterocycles. The average Bonchev–Trinajstić information content (AvgIpc) is 2.77. The first-order chi connectivity index (χ1) is 8.51. The van der Waals surface area contributed by atoms with E-state index in [9.17, 15) is 13.2 Å². The molecule has 1 fully saturated rings. The predicted molar refractivity (Wildman–Crippen MR) is 65.5 cm³/mol. The molecular weight excluding hydrogens is 243 g/mol. The molecule has 1 saturated carbocycles. The normalized spacial score (nSPS) is 19.3. The molecule has 2 nitrogen and oxygen atoms in total. The quantitative estimate of drug-likeness (QED) is 0.726. The van der Waals surface area contributed by atoms with E-state index in [0.29, 0.717) is 0 Å². The third-order valence-corrected chi connectivity index (χ3v) is 3.48. The highest BCUT2D eigenvalue weighted by Gasteiger charge is 2.28. The van der Waals surface area contributed by atoms with Crippen LogP contribution in [0.2, 0.25) is 0 Å². The third-order valence-electron chi connectivity index (χ3n) is 3.48. The van der Waals surface area contributed by atoms with Crippen LogP contribution in [0.15, 0.2) is 0 Å². The zero-order chi connectivity index (χ0) is 13.4. The second kappa shape index (κ2) is 8.00. The Hall–Kier alpha value is -0.290. The topological polar surface area (TPSA) is 21.3 Å². The van der Waals surface area contributed by atoms with Crippen LogP contribution < -0.4 is 5.32 Å². The highest BCUT2D eigenvalue weighted by molar-refractivity contribution is 4.72. The number of hydrogen-bond donors (Lipinski definition) is 1. The summed E-state index contributed by atoms with van der Waals surface area (Å²) in [5.41, 5.74) is 0. The summed E-state index contributed by atoms with van der Waals surface area (Å²) in [5.74, 6) is 0.772. The van der Waals surface area contributed by atoms with E-state index in [1.807, 2.05) is 6.92 Å². The summed E-state index contributed by atoms with van der Waals surface area (Å²) >= 11 is 0. The van der Waals surface area contributed by atoms with Crippen LogP contribution in [-0.2, 0) is 4.74 Å². The van der Waals surface area contributed by atoms with Crippen LogP contribution in [-0.4, -0.2) is 32.0 Å². The summed E-state index contributed by atoms with van der Waals surface area (Å²) < 4.78 is 40.7. The van der Waals surface area contributed by atoms with Crippen molar-refractivity contribution in [2.75, 3.05) is 19.8 Å². The number of rotatable bonds is 8. The third kappa shape index (κ3) is 7.21. The molecule has 0 amide bonds. The summed E-state index contributed by atoms with van der Waals surface area (Å²) in [7, 11) is 0. The molecule has 0 radical (unpaired) electrons. The highest BCUT2D eigenvalue weighted by atomic mass is 19.4. The minimum atomic E-state index is -4.22. The Balaban J connectivity index is 2.17. The summed E-state index contributed by atoms with van der Waals surface area (Å²) in [6.45, 7) is 1.75. The largest absolute Gasteiger partial charge is 0.411 e. The van der Waals surface area contributed by atoms with E-state index in [-0.39, 0.29) is 12.6 Å². The lowest BCUT2D eigenvalue weighted by Gasteiger charge is -2.20. The van der Waals surface area contributed by atoms with Gasteiger partial charge in [0.1, 0.15) is 6.61 Å². The smallest absolute Gasteiger partial charge is 0.370 e. The molecular formula is C13H24F3NO. The van der Waals surface area contributed by atoms with Crippen LogP contribution >= 0.6 is 0 Å². The fourth-order valence-corrected chi connectivity index (χ4v) is 2.59. The zero-order valence-corrected chi connectivity index (χ0v) is 11.1. The van der Waals surface area contributed by atoms with Gasteiger partial charge in [-0.2, -0.15) is 13.2 Å². The molecule has 5 heteroatoms. The van der Waals surface area contributed by atoms with Crippen molar-refractivity contribution in [1.82, 2.24) is 5.32 Å². The molecule has 1 aliphatic carbocycles. The molecule has 0 bridgehead atoms. The van der Waals surface area contributed by atoms with Crippen molar-refractivity contribution in [2.24, 2.45) is 5.92 Å². The van der Waals surface area contributed by atoms with Gasteiger partial charge >= 0.3 is 6.18 Å². The molecule has 108 valence electrons. The van der Waals surface area contributed by atoms with E-state index < -0.39 is 12.8 Å². The van der Waals surface area contributed by atoms with Crippen molar-refractivity contribution in [3.05, 3.63) is 0 Å². The lowest BCUT2D eigenvalue weighted by atomic mass is 9.99.